The van der Waals surface area contributed by atoms with Gasteiger partial charge in [-0.05, 0) is 48.7 Å². The van der Waals surface area contributed by atoms with E-state index in [4.69, 9.17) is 9.47 Å². The van der Waals surface area contributed by atoms with Gasteiger partial charge in [-0.15, -0.1) is 0 Å². The molecule has 0 aromatic heterocycles. The first kappa shape index (κ1) is 17.3. The highest BCUT2D eigenvalue weighted by Crippen LogP contribution is 2.28. The Bertz CT molecular complexity index is 700. The Morgan fingerprint density at radius 2 is 1.80 bits per heavy atom. The van der Waals surface area contributed by atoms with Crippen molar-refractivity contribution in [1.82, 2.24) is 10.6 Å². The van der Waals surface area contributed by atoms with Crippen LogP contribution in [0.1, 0.15) is 33.8 Å². The molecule has 3 rings (SSSR count). The van der Waals surface area contributed by atoms with Crippen LogP contribution >= 0.6 is 0 Å². The molecule has 1 atom stereocenters. The average molecular weight is 340 g/mol. The number of nitrogens with one attached hydrogen (secondary N) is 2. The summed E-state index contributed by atoms with van der Waals surface area (Å²) in [5.74, 6) is 1.84. The maximum Gasteiger partial charge on any atom is 0.251 e. The van der Waals surface area contributed by atoms with Gasteiger partial charge in [0.1, 0.15) is 11.5 Å². The minimum atomic E-state index is -0.107. The molecule has 132 valence electrons. The van der Waals surface area contributed by atoms with E-state index < -0.39 is 0 Å². The van der Waals surface area contributed by atoms with Gasteiger partial charge >= 0.3 is 0 Å². The molecular weight excluding hydrogens is 316 g/mol. The summed E-state index contributed by atoms with van der Waals surface area (Å²) in [6.45, 7) is 2.42. The third kappa shape index (κ3) is 3.94. The average Bonchev–Trinajstić information content (AvgIpc) is 3.20. The molecule has 0 radical (unpaired) electrons. The van der Waals surface area contributed by atoms with Gasteiger partial charge < -0.3 is 20.1 Å². The molecule has 0 aliphatic carbocycles. The van der Waals surface area contributed by atoms with E-state index >= 15 is 0 Å². The summed E-state index contributed by atoms with van der Waals surface area (Å²) in [6, 6.07) is 13.5. The summed E-state index contributed by atoms with van der Waals surface area (Å²) in [4.78, 5) is 12.4. The van der Waals surface area contributed by atoms with E-state index in [-0.39, 0.29) is 5.91 Å². The van der Waals surface area contributed by atoms with Crippen LogP contribution in [0.4, 0.5) is 0 Å². The molecule has 1 heterocycles. The molecule has 2 aromatic rings. The number of methoxy groups -OCH3 is 2. The van der Waals surface area contributed by atoms with E-state index in [1.54, 1.807) is 14.2 Å². The number of amides is 1. The number of hydrogen-bond acceptors (Lipinski definition) is 4. The summed E-state index contributed by atoms with van der Waals surface area (Å²) in [7, 11) is 3.22. The first-order valence-corrected chi connectivity index (χ1v) is 8.51. The maximum absolute atomic E-state index is 12.4. The molecule has 1 amide bonds. The Hall–Kier alpha value is -2.53. The number of carbonyl (C=O) groups is 1. The van der Waals surface area contributed by atoms with Crippen molar-refractivity contribution in [2.45, 2.75) is 18.9 Å². The molecule has 1 fully saturated rings. The molecule has 0 saturated carbocycles. The fourth-order valence-corrected chi connectivity index (χ4v) is 3.22. The van der Waals surface area contributed by atoms with Gasteiger partial charge in [-0.2, -0.15) is 0 Å². The molecular formula is C20H24N2O3. The second-order valence-corrected chi connectivity index (χ2v) is 6.14. The molecule has 1 aliphatic heterocycles. The smallest absolute Gasteiger partial charge is 0.251 e. The second kappa shape index (κ2) is 8.03. The van der Waals surface area contributed by atoms with Crippen molar-refractivity contribution in [3.8, 4) is 11.5 Å². The van der Waals surface area contributed by atoms with Gasteiger partial charge in [-0.1, -0.05) is 18.2 Å². The molecule has 2 N–H and O–H groups in total. The van der Waals surface area contributed by atoms with Crippen molar-refractivity contribution in [2.24, 2.45) is 0 Å². The van der Waals surface area contributed by atoms with Crippen molar-refractivity contribution in [2.75, 3.05) is 27.3 Å². The molecule has 1 aliphatic rings. The zero-order valence-corrected chi connectivity index (χ0v) is 14.7. The molecule has 0 spiro atoms. The lowest BCUT2D eigenvalue weighted by Crippen LogP contribution is -2.23. The van der Waals surface area contributed by atoms with Gasteiger partial charge in [0.15, 0.2) is 0 Å². The minimum absolute atomic E-state index is 0.107. The summed E-state index contributed by atoms with van der Waals surface area (Å²) >= 11 is 0. The highest BCUT2D eigenvalue weighted by molar-refractivity contribution is 5.94. The van der Waals surface area contributed by atoms with Crippen LogP contribution in [0.2, 0.25) is 0 Å². The molecule has 2 aromatic carbocycles. The van der Waals surface area contributed by atoms with Gasteiger partial charge in [-0.3, -0.25) is 4.79 Å². The Morgan fingerprint density at radius 1 is 1.12 bits per heavy atom. The fourth-order valence-electron chi connectivity index (χ4n) is 3.22. The SMILES string of the molecule is COc1cccc(OC)c1CNC(=O)c1ccc(C2CCNC2)cc1. The second-order valence-electron chi connectivity index (χ2n) is 6.14. The highest BCUT2D eigenvalue weighted by Gasteiger charge is 2.17. The van der Waals surface area contributed by atoms with Crippen LogP contribution in [0.25, 0.3) is 0 Å². The quantitative estimate of drug-likeness (QED) is 0.849. The van der Waals surface area contributed by atoms with Crippen molar-refractivity contribution in [1.29, 1.82) is 0 Å². The first-order valence-electron chi connectivity index (χ1n) is 8.51. The Kier molecular flexibility index (Phi) is 5.56. The van der Waals surface area contributed by atoms with E-state index in [9.17, 15) is 4.79 Å². The molecule has 1 saturated heterocycles. The summed E-state index contributed by atoms with van der Waals surface area (Å²) in [5, 5.41) is 6.31. The van der Waals surface area contributed by atoms with Gasteiger partial charge in [0.25, 0.3) is 5.91 Å². The van der Waals surface area contributed by atoms with Gasteiger partial charge in [0, 0.05) is 12.1 Å². The molecule has 1 unspecified atom stereocenters. The normalized spacial score (nSPS) is 16.5. The summed E-state index contributed by atoms with van der Waals surface area (Å²) in [5.41, 5.74) is 2.77. The Balaban J connectivity index is 1.67. The predicted octanol–water partition coefficient (Wildman–Crippen LogP) is 2.71. The number of hydrogen-bond donors (Lipinski definition) is 2. The minimum Gasteiger partial charge on any atom is -0.496 e. The van der Waals surface area contributed by atoms with Gasteiger partial charge in [0.05, 0.1) is 26.3 Å². The van der Waals surface area contributed by atoms with Crippen LogP contribution in [0.3, 0.4) is 0 Å². The predicted molar refractivity (Wildman–Crippen MR) is 97.4 cm³/mol. The molecule has 5 nitrogen and oxygen atoms in total. The van der Waals surface area contributed by atoms with Crippen molar-refractivity contribution in [3.05, 3.63) is 59.2 Å². The van der Waals surface area contributed by atoms with Crippen LogP contribution in [0.15, 0.2) is 42.5 Å². The number of rotatable bonds is 6. The standard InChI is InChI=1S/C20H24N2O3/c1-24-18-4-3-5-19(25-2)17(18)13-22-20(23)15-8-6-14(7-9-15)16-10-11-21-12-16/h3-9,16,21H,10-13H2,1-2H3,(H,22,23). The van der Waals surface area contributed by atoms with Gasteiger partial charge in [-0.25, -0.2) is 0 Å². The van der Waals surface area contributed by atoms with E-state index in [2.05, 4.69) is 22.8 Å². The van der Waals surface area contributed by atoms with E-state index in [0.29, 0.717) is 29.5 Å². The van der Waals surface area contributed by atoms with E-state index in [0.717, 1.165) is 25.1 Å². The Labute approximate surface area is 148 Å². The summed E-state index contributed by atoms with van der Waals surface area (Å²) < 4.78 is 10.7. The van der Waals surface area contributed by atoms with Crippen molar-refractivity contribution >= 4 is 5.91 Å². The molecule has 5 heteroatoms. The molecule has 25 heavy (non-hydrogen) atoms. The molecule has 0 bridgehead atoms. The number of carbonyl (C=O) groups excluding carboxylic acids is 1. The third-order valence-corrected chi connectivity index (χ3v) is 4.66. The van der Waals surface area contributed by atoms with Crippen molar-refractivity contribution < 1.29 is 14.3 Å². The third-order valence-electron chi connectivity index (χ3n) is 4.66. The number of ether oxygens (including phenoxy) is 2. The topological polar surface area (TPSA) is 59.6 Å². The number of benzene rings is 2. The van der Waals surface area contributed by atoms with Crippen LogP contribution < -0.4 is 20.1 Å². The maximum atomic E-state index is 12.4. The van der Waals surface area contributed by atoms with Crippen LogP contribution in [0.5, 0.6) is 11.5 Å². The van der Waals surface area contributed by atoms with Crippen LogP contribution in [0, 0.1) is 0 Å². The monoisotopic (exact) mass is 340 g/mol. The van der Waals surface area contributed by atoms with Crippen LogP contribution in [-0.2, 0) is 6.54 Å². The Morgan fingerprint density at radius 3 is 2.36 bits per heavy atom. The first-order chi connectivity index (χ1) is 12.2. The van der Waals surface area contributed by atoms with E-state index in [1.165, 1.54) is 5.56 Å². The lowest BCUT2D eigenvalue weighted by molar-refractivity contribution is 0.0950. The van der Waals surface area contributed by atoms with Crippen molar-refractivity contribution in [3.63, 3.8) is 0 Å². The highest BCUT2D eigenvalue weighted by atomic mass is 16.5. The van der Waals surface area contributed by atoms with Gasteiger partial charge in [0.2, 0.25) is 0 Å². The largest absolute Gasteiger partial charge is 0.496 e. The lowest BCUT2D eigenvalue weighted by Gasteiger charge is -2.14. The lowest BCUT2D eigenvalue weighted by atomic mass is 9.97. The summed E-state index contributed by atoms with van der Waals surface area (Å²) in [6.07, 6.45) is 1.15. The van der Waals surface area contributed by atoms with E-state index in [1.807, 2.05) is 30.3 Å². The zero-order valence-electron chi connectivity index (χ0n) is 14.7. The fraction of sp³-hybridized carbons (Fsp3) is 0.350. The van der Waals surface area contributed by atoms with Crippen LogP contribution in [-0.4, -0.2) is 33.2 Å². The zero-order chi connectivity index (χ0) is 17.6.